The zero-order valence-electron chi connectivity index (χ0n) is 10.00. The summed E-state index contributed by atoms with van der Waals surface area (Å²) in [5.41, 5.74) is 0.424. The third-order valence-corrected chi connectivity index (χ3v) is 6.19. The van der Waals surface area contributed by atoms with Crippen LogP contribution in [0.5, 0.6) is 0 Å². The lowest BCUT2D eigenvalue weighted by Gasteiger charge is -2.01. The molecule has 0 fully saturated rings. The first kappa shape index (κ1) is 14.0. The van der Waals surface area contributed by atoms with E-state index in [4.69, 9.17) is 5.11 Å². The number of thiophene rings is 1. The van der Waals surface area contributed by atoms with Gasteiger partial charge in [0.25, 0.3) is 10.0 Å². The van der Waals surface area contributed by atoms with Crippen molar-refractivity contribution in [2.75, 3.05) is 4.72 Å². The second-order valence-corrected chi connectivity index (χ2v) is 7.96. The monoisotopic (exact) mass is 318 g/mol. The number of hydrogen-bond acceptors (Lipinski definition) is 6. The van der Waals surface area contributed by atoms with Crippen molar-refractivity contribution in [3.63, 3.8) is 0 Å². The van der Waals surface area contributed by atoms with E-state index in [-0.39, 0.29) is 14.2 Å². The number of aryl methyl sites for hydroxylation is 2. The molecule has 6 nitrogen and oxygen atoms in total. The maximum atomic E-state index is 12.1. The summed E-state index contributed by atoms with van der Waals surface area (Å²) in [5, 5.41) is 9.19. The van der Waals surface area contributed by atoms with Gasteiger partial charge < -0.3 is 5.11 Å². The molecule has 0 aliphatic rings. The fourth-order valence-corrected chi connectivity index (χ4v) is 4.65. The Balaban J connectivity index is 2.34. The van der Waals surface area contributed by atoms with Crippen LogP contribution in [0.3, 0.4) is 0 Å². The Morgan fingerprint density at radius 3 is 2.53 bits per heavy atom. The first-order valence-corrected chi connectivity index (χ1v) is 8.20. The topological polar surface area (TPSA) is 96.4 Å². The molecule has 2 aromatic heterocycles. The van der Waals surface area contributed by atoms with Crippen LogP contribution < -0.4 is 4.72 Å². The predicted molar refractivity (Wildman–Crippen MR) is 73.7 cm³/mol. The highest BCUT2D eigenvalue weighted by Crippen LogP contribution is 2.28. The van der Waals surface area contributed by atoms with Crippen LogP contribution in [0.1, 0.15) is 20.1 Å². The molecule has 0 aliphatic carbocycles. The molecule has 0 saturated heterocycles. The maximum Gasteiger partial charge on any atom is 0.346 e. The minimum absolute atomic E-state index is 0.0238. The molecule has 0 saturated carbocycles. The summed E-state index contributed by atoms with van der Waals surface area (Å²) in [5.74, 6) is -1.13. The van der Waals surface area contributed by atoms with Crippen LogP contribution in [0.4, 0.5) is 5.13 Å². The van der Waals surface area contributed by atoms with E-state index in [0.717, 1.165) is 16.2 Å². The molecular formula is C10H10N2O4S3. The Labute approximate surface area is 117 Å². The summed E-state index contributed by atoms with van der Waals surface area (Å²) in [4.78, 5) is 15.7. The van der Waals surface area contributed by atoms with Gasteiger partial charge in [0.1, 0.15) is 9.09 Å². The van der Waals surface area contributed by atoms with Crippen LogP contribution >= 0.6 is 22.7 Å². The summed E-state index contributed by atoms with van der Waals surface area (Å²) in [6.45, 7) is 3.37. The molecule has 0 bridgehead atoms. The summed E-state index contributed by atoms with van der Waals surface area (Å²) in [7, 11) is -3.78. The molecule has 19 heavy (non-hydrogen) atoms. The van der Waals surface area contributed by atoms with Crippen molar-refractivity contribution in [2.45, 2.75) is 18.1 Å². The van der Waals surface area contributed by atoms with E-state index in [0.29, 0.717) is 5.56 Å². The number of aromatic nitrogens is 1. The lowest BCUT2D eigenvalue weighted by molar-refractivity contribution is 0.0701. The molecule has 0 atom stereocenters. The molecule has 2 rings (SSSR count). The number of hydrogen-bond donors (Lipinski definition) is 2. The first-order valence-electron chi connectivity index (χ1n) is 5.08. The van der Waals surface area contributed by atoms with E-state index in [1.807, 2.05) is 6.92 Å². The van der Waals surface area contributed by atoms with Crippen molar-refractivity contribution in [1.29, 1.82) is 0 Å². The third kappa shape index (κ3) is 2.94. The summed E-state index contributed by atoms with van der Waals surface area (Å²) < 4.78 is 26.4. The van der Waals surface area contributed by atoms with E-state index >= 15 is 0 Å². The maximum absolute atomic E-state index is 12.1. The highest BCUT2D eigenvalue weighted by molar-refractivity contribution is 7.94. The van der Waals surface area contributed by atoms with Crippen LogP contribution in [0.25, 0.3) is 0 Å². The predicted octanol–water partition coefficient (Wildman–Crippen LogP) is 2.32. The number of nitrogens with one attached hydrogen (secondary N) is 1. The van der Waals surface area contributed by atoms with Gasteiger partial charge in [-0.3, -0.25) is 4.72 Å². The normalized spacial score (nSPS) is 11.5. The van der Waals surface area contributed by atoms with Gasteiger partial charge >= 0.3 is 5.97 Å². The Kier molecular flexibility index (Phi) is 3.61. The Hall–Kier alpha value is -1.45. The van der Waals surface area contributed by atoms with E-state index in [9.17, 15) is 13.2 Å². The lowest BCUT2D eigenvalue weighted by Crippen LogP contribution is -2.11. The average molecular weight is 318 g/mol. The molecule has 0 aliphatic heterocycles. The fourth-order valence-electron chi connectivity index (χ4n) is 1.36. The van der Waals surface area contributed by atoms with E-state index in [1.165, 1.54) is 17.4 Å². The third-order valence-electron chi connectivity index (χ3n) is 2.20. The Bertz CT molecular complexity index is 730. The standard InChI is InChI=1S/C10H10N2O4S3/c1-5-3-7(18-8(5)9(13)14)19(15,16)12-10-11-4-6(2)17-10/h3-4H,1-2H3,(H,11,12)(H,13,14). The van der Waals surface area contributed by atoms with Gasteiger partial charge in [-0.05, 0) is 25.5 Å². The molecule has 0 radical (unpaired) electrons. The van der Waals surface area contributed by atoms with Gasteiger partial charge in [-0.25, -0.2) is 18.2 Å². The zero-order valence-corrected chi connectivity index (χ0v) is 12.4. The quantitative estimate of drug-likeness (QED) is 0.902. The van der Waals surface area contributed by atoms with Crippen molar-refractivity contribution in [3.8, 4) is 0 Å². The van der Waals surface area contributed by atoms with Gasteiger partial charge in [0, 0.05) is 11.1 Å². The van der Waals surface area contributed by atoms with Crippen molar-refractivity contribution >= 4 is 43.8 Å². The van der Waals surface area contributed by atoms with Gasteiger partial charge in [0.15, 0.2) is 5.13 Å². The van der Waals surface area contributed by atoms with Crippen molar-refractivity contribution in [3.05, 3.63) is 27.6 Å². The zero-order chi connectivity index (χ0) is 14.2. The highest BCUT2D eigenvalue weighted by Gasteiger charge is 2.22. The van der Waals surface area contributed by atoms with Gasteiger partial charge in [-0.1, -0.05) is 0 Å². The van der Waals surface area contributed by atoms with E-state index in [2.05, 4.69) is 9.71 Å². The van der Waals surface area contributed by atoms with E-state index in [1.54, 1.807) is 13.1 Å². The molecular weight excluding hydrogens is 308 g/mol. The second kappa shape index (κ2) is 4.91. The number of anilines is 1. The molecule has 2 aromatic rings. The van der Waals surface area contributed by atoms with Crippen molar-refractivity contribution < 1.29 is 18.3 Å². The Morgan fingerprint density at radius 1 is 1.37 bits per heavy atom. The number of carboxylic acids is 1. The van der Waals surface area contributed by atoms with Gasteiger partial charge in [0.2, 0.25) is 0 Å². The molecule has 0 unspecified atom stereocenters. The molecule has 2 N–H and O–H groups in total. The number of aromatic carboxylic acids is 1. The minimum Gasteiger partial charge on any atom is -0.477 e. The van der Waals surface area contributed by atoms with E-state index < -0.39 is 16.0 Å². The fraction of sp³-hybridized carbons (Fsp3) is 0.200. The highest BCUT2D eigenvalue weighted by atomic mass is 32.2. The minimum atomic E-state index is -3.78. The van der Waals surface area contributed by atoms with Crippen LogP contribution in [-0.4, -0.2) is 24.5 Å². The summed E-state index contributed by atoms with van der Waals surface area (Å²) in [6.07, 6.45) is 1.56. The first-order chi connectivity index (χ1) is 8.79. The molecule has 102 valence electrons. The number of sulfonamides is 1. The van der Waals surface area contributed by atoms with Crippen LogP contribution in [-0.2, 0) is 10.0 Å². The Morgan fingerprint density at radius 2 is 2.05 bits per heavy atom. The lowest BCUT2D eigenvalue weighted by atomic mass is 10.3. The molecule has 2 heterocycles. The summed E-state index contributed by atoms with van der Waals surface area (Å²) in [6, 6.07) is 1.34. The summed E-state index contributed by atoms with van der Waals surface area (Å²) >= 11 is 1.94. The number of carbonyl (C=O) groups is 1. The van der Waals surface area contributed by atoms with Gasteiger partial charge in [-0.2, -0.15) is 0 Å². The molecule has 0 spiro atoms. The molecule has 0 amide bonds. The number of carboxylic acid groups (broad SMARTS) is 1. The average Bonchev–Trinajstić information content (AvgIpc) is 2.84. The second-order valence-electron chi connectivity index (χ2n) is 3.76. The van der Waals surface area contributed by atoms with Crippen molar-refractivity contribution in [2.24, 2.45) is 0 Å². The van der Waals surface area contributed by atoms with Crippen LogP contribution in [0.15, 0.2) is 16.5 Å². The largest absolute Gasteiger partial charge is 0.477 e. The smallest absolute Gasteiger partial charge is 0.346 e. The number of thiazole rings is 1. The molecule has 9 heteroatoms. The number of nitrogens with zero attached hydrogens (tertiary/aromatic N) is 1. The van der Waals surface area contributed by atoms with Crippen molar-refractivity contribution in [1.82, 2.24) is 4.98 Å². The SMILES string of the molecule is Cc1cnc(NS(=O)(=O)c2cc(C)c(C(=O)O)s2)s1. The number of rotatable bonds is 4. The molecule has 0 aromatic carbocycles. The van der Waals surface area contributed by atoms with Crippen LogP contribution in [0, 0.1) is 13.8 Å². The van der Waals surface area contributed by atoms with Gasteiger partial charge in [-0.15, -0.1) is 22.7 Å². The van der Waals surface area contributed by atoms with Gasteiger partial charge in [0.05, 0.1) is 0 Å². The van der Waals surface area contributed by atoms with Crippen LogP contribution in [0.2, 0.25) is 0 Å².